The zero-order chi connectivity index (χ0) is 16.1. The number of hydrogen-bond acceptors (Lipinski definition) is 6. The third-order valence-corrected chi connectivity index (χ3v) is 3.72. The minimum Gasteiger partial charge on any atom is -0.504 e. The molecule has 1 fully saturated rings. The molecule has 1 N–H and O–H groups in total. The van der Waals surface area contributed by atoms with Crippen LogP contribution >= 0.6 is 0 Å². The fourth-order valence-corrected chi connectivity index (χ4v) is 2.45. The highest BCUT2D eigenvalue weighted by Crippen LogP contribution is 2.24. The highest BCUT2D eigenvalue weighted by atomic mass is 16.5. The van der Waals surface area contributed by atoms with Gasteiger partial charge in [0.05, 0.1) is 6.20 Å². The van der Waals surface area contributed by atoms with Crippen molar-refractivity contribution in [2.75, 3.05) is 37.7 Å². The van der Waals surface area contributed by atoms with Gasteiger partial charge in [-0.25, -0.2) is 4.98 Å². The van der Waals surface area contributed by atoms with Gasteiger partial charge < -0.3 is 19.6 Å². The van der Waals surface area contributed by atoms with Gasteiger partial charge in [0.25, 0.3) is 5.91 Å². The van der Waals surface area contributed by atoms with Gasteiger partial charge in [0.15, 0.2) is 18.1 Å². The SMILES string of the molecule is O=C(COc1ccccc1O)N1CCN(c2cnccn2)CC1. The molecule has 1 aliphatic heterocycles. The Bertz CT molecular complexity index is 657. The number of nitrogens with zero attached hydrogens (tertiary/aromatic N) is 4. The average Bonchev–Trinajstić information content (AvgIpc) is 2.62. The number of anilines is 1. The number of ether oxygens (including phenoxy) is 1. The van der Waals surface area contributed by atoms with Crippen LogP contribution in [0.1, 0.15) is 0 Å². The predicted molar refractivity (Wildman–Crippen MR) is 84.4 cm³/mol. The van der Waals surface area contributed by atoms with Crippen LogP contribution in [-0.4, -0.2) is 58.7 Å². The molecule has 0 atom stereocenters. The van der Waals surface area contributed by atoms with Crippen LogP contribution in [0.5, 0.6) is 11.5 Å². The number of piperazine rings is 1. The van der Waals surface area contributed by atoms with E-state index < -0.39 is 0 Å². The molecule has 3 rings (SSSR count). The quantitative estimate of drug-likeness (QED) is 0.904. The molecule has 23 heavy (non-hydrogen) atoms. The van der Waals surface area contributed by atoms with E-state index in [1.165, 1.54) is 6.07 Å². The van der Waals surface area contributed by atoms with Crippen LogP contribution in [0.15, 0.2) is 42.9 Å². The van der Waals surface area contributed by atoms with Gasteiger partial charge in [0.2, 0.25) is 0 Å². The number of benzene rings is 1. The molecule has 0 aliphatic carbocycles. The third-order valence-electron chi connectivity index (χ3n) is 3.72. The van der Waals surface area contributed by atoms with Gasteiger partial charge in [-0.2, -0.15) is 0 Å². The van der Waals surface area contributed by atoms with Gasteiger partial charge in [-0.3, -0.25) is 9.78 Å². The molecular formula is C16H18N4O3. The summed E-state index contributed by atoms with van der Waals surface area (Å²) in [7, 11) is 0. The lowest BCUT2D eigenvalue weighted by Crippen LogP contribution is -2.50. The predicted octanol–water partition coefficient (Wildman–Crippen LogP) is 0.910. The van der Waals surface area contributed by atoms with Crippen molar-refractivity contribution in [2.24, 2.45) is 0 Å². The van der Waals surface area contributed by atoms with E-state index in [-0.39, 0.29) is 18.3 Å². The lowest BCUT2D eigenvalue weighted by molar-refractivity contribution is -0.133. The molecule has 0 saturated carbocycles. The van der Waals surface area contributed by atoms with E-state index in [0.29, 0.717) is 31.9 Å². The zero-order valence-electron chi connectivity index (χ0n) is 12.6. The zero-order valence-corrected chi connectivity index (χ0v) is 12.6. The summed E-state index contributed by atoms with van der Waals surface area (Å²) in [5.41, 5.74) is 0. The molecule has 120 valence electrons. The molecule has 0 bridgehead atoms. The molecule has 0 spiro atoms. The van der Waals surface area contributed by atoms with E-state index in [0.717, 1.165) is 5.82 Å². The normalized spacial score (nSPS) is 14.6. The molecule has 7 nitrogen and oxygen atoms in total. The maximum absolute atomic E-state index is 12.2. The van der Waals surface area contributed by atoms with Crippen molar-refractivity contribution < 1.29 is 14.6 Å². The Labute approximate surface area is 134 Å². The fraction of sp³-hybridized carbons (Fsp3) is 0.312. The first-order valence-electron chi connectivity index (χ1n) is 7.43. The van der Waals surface area contributed by atoms with Gasteiger partial charge in [-0.05, 0) is 12.1 Å². The van der Waals surface area contributed by atoms with Crippen molar-refractivity contribution >= 4 is 11.7 Å². The number of amides is 1. The van der Waals surface area contributed by atoms with Crippen molar-refractivity contribution in [2.45, 2.75) is 0 Å². The number of rotatable bonds is 4. The van der Waals surface area contributed by atoms with Gasteiger partial charge in [-0.15, -0.1) is 0 Å². The first-order valence-corrected chi connectivity index (χ1v) is 7.43. The number of carbonyl (C=O) groups is 1. The molecule has 1 aromatic heterocycles. The maximum Gasteiger partial charge on any atom is 0.260 e. The summed E-state index contributed by atoms with van der Waals surface area (Å²) in [5.74, 6) is 1.09. The van der Waals surface area contributed by atoms with Crippen molar-refractivity contribution in [1.82, 2.24) is 14.9 Å². The molecular weight excluding hydrogens is 296 g/mol. The van der Waals surface area contributed by atoms with Crippen LogP contribution < -0.4 is 9.64 Å². The summed E-state index contributed by atoms with van der Waals surface area (Å²) in [6.45, 7) is 2.56. The number of carbonyl (C=O) groups excluding carboxylic acids is 1. The van der Waals surface area contributed by atoms with Gasteiger partial charge >= 0.3 is 0 Å². The van der Waals surface area contributed by atoms with Crippen molar-refractivity contribution in [3.05, 3.63) is 42.9 Å². The Hall–Kier alpha value is -2.83. The largest absolute Gasteiger partial charge is 0.504 e. The van der Waals surface area contributed by atoms with Crippen LogP contribution in [0, 0.1) is 0 Å². The second-order valence-corrected chi connectivity index (χ2v) is 5.19. The average molecular weight is 314 g/mol. The number of aromatic nitrogens is 2. The fourth-order valence-electron chi connectivity index (χ4n) is 2.45. The van der Waals surface area contributed by atoms with Crippen LogP contribution in [0.4, 0.5) is 5.82 Å². The Morgan fingerprint density at radius 3 is 2.65 bits per heavy atom. The summed E-state index contributed by atoms with van der Waals surface area (Å²) >= 11 is 0. The minimum atomic E-state index is -0.0907. The molecule has 1 aliphatic rings. The molecule has 1 amide bonds. The number of phenols is 1. The van der Waals surface area contributed by atoms with Gasteiger partial charge in [0.1, 0.15) is 5.82 Å². The number of hydrogen-bond donors (Lipinski definition) is 1. The lowest BCUT2D eigenvalue weighted by atomic mass is 10.3. The van der Waals surface area contributed by atoms with Crippen LogP contribution in [0.25, 0.3) is 0 Å². The van der Waals surface area contributed by atoms with E-state index in [9.17, 15) is 9.90 Å². The summed E-state index contributed by atoms with van der Waals surface area (Å²) in [6.07, 6.45) is 5.02. The highest BCUT2D eigenvalue weighted by Gasteiger charge is 2.22. The Morgan fingerprint density at radius 1 is 1.17 bits per heavy atom. The molecule has 0 unspecified atom stereocenters. The van der Waals surface area contributed by atoms with E-state index in [4.69, 9.17) is 4.74 Å². The molecule has 2 aromatic rings. The lowest BCUT2D eigenvalue weighted by Gasteiger charge is -2.35. The van der Waals surface area contributed by atoms with Crippen LogP contribution in [0.3, 0.4) is 0 Å². The van der Waals surface area contributed by atoms with Gasteiger partial charge in [0, 0.05) is 38.6 Å². The van der Waals surface area contributed by atoms with E-state index in [2.05, 4.69) is 14.9 Å². The van der Waals surface area contributed by atoms with E-state index >= 15 is 0 Å². The third kappa shape index (κ3) is 3.68. The van der Waals surface area contributed by atoms with Crippen molar-refractivity contribution in [3.63, 3.8) is 0 Å². The molecule has 2 heterocycles. The summed E-state index contributed by atoms with van der Waals surface area (Å²) in [6, 6.07) is 6.61. The Balaban J connectivity index is 1.50. The van der Waals surface area contributed by atoms with E-state index in [1.807, 2.05) is 0 Å². The van der Waals surface area contributed by atoms with Gasteiger partial charge in [-0.1, -0.05) is 12.1 Å². The topological polar surface area (TPSA) is 78.8 Å². The molecule has 1 aromatic carbocycles. The molecule has 1 saturated heterocycles. The smallest absolute Gasteiger partial charge is 0.260 e. The van der Waals surface area contributed by atoms with Crippen LogP contribution in [0.2, 0.25) is 0 Å². The number of para-hydroxylation sites is 2. The maximum atomic E-state index is 12.2. The first-order chi connectivity index (χ1) is 11.2. The Morgan fingerprint density at radius 2 is 1.96 bits per heavy atom. The Kier molecular flexibility index (Phi) is 4.56. The van der Waals surface area contributed by atoms with E-state index in [1.54, 1.807) is 41.7 Å². The molecule has 0 radical (unpaired) electrons. The summed E-state index contributed by atoms with van der Waals surface area (Å²) < 4.78 is 5.39. The summed E-state index contributed by atoms with van der Waals surface area (Å²) in [4.78, 5) is 24.4. The second kappa shape index (κ2) is 6.95. The second-order valence-electron chi connectivity index (χ2n) is 5.19. The molecule has 7 heteroatoms. The van der Waals surface area contributed by atoms with Crippen molar-refractivity contribution in [1.29, 1.82) is 0 Å². The highest BCUT2D eigenvalue weighted by molar-refractivity contribution is 5.78. The summed E-state index contributed by atoms with van der Waals surface area (Å²) in [5, 5.41) is 9.63. The number of aromatic hydroxyl groups is 1. The van der Waals surface area contributed by atoms with Crippen LogP contribution in [-0.2, 0) is 4.79 Å². The number of phenolic OH excluding ortho intramolecular Hbond substituents is 1. The monoisotopic (exact) mass is 314 g/mol. The van der Waals surface area contributed by atoms with Crippen molar-refractivity contribution in [3.8, 4) is 11.5 Å². The first kappa shape index (κ1) is 15.1. The standard InChI is InChI=1S/C16H18N4O3/c21-13-3-1-2-4-14(13)23-12-16(22)20-9-7-19(8-10-20)15-11-17-5-6-18-15/h1-6,11,21H,7-10,12H2. The minimum absolute atomic E-state index is 0.0350.